The van der Waals surface area contributed by atoms with E-state index in [4.69, 9.17) is 10.5 Å². The summed E-state index contributed by atoms with van der Waals surface area (Å²) >= 11 is 0. The second-order valence-electron chi connectivity index (χ2n) is 3.99. The van der Waals surface area contributed by atoms with Gasteiger partial charge in [0.1, 0.15) is 0 Å². The SMILES string of the molecule is CCC1(CN)CCC(OC)CC1. The molecule has 1 fully saturated rings. The number of hydrogen-bond acceptors (Lipinski definition) is 2. The van der Waals surface area contributed by atoms with Crippen LogP contribution in [0.5, 0.6) is 0 Å². The van der Waals surface area contributed by atoms with Crippen LogP contribution in [0, 0.1) is 5.41 Å². The lowest BCUT2D eigenvalue weighted by Gasteiger charge is -2.38. The molecule has 0 aromatic rings. The fraction of sp³-hybridized carbons (Fsp3) is 1.00. The summed E-state index contributed by atoms with van der Waals surface area (Å²) in [5.74, 6) is 0. The first-order chi connectivity index (χ1) is 5.76. The van der Waals surface area contributed by atoms with Gasteiger partial charge in [-0.25, -0.2) is 0 Å². The third-order valence-corrected chi connectivity index (χ3v) is 3.51. The number of methoxy groups -OCH3 is 1. The van der Waals surface area contributed by atoms with Crippen molar-refractivity contribution in [2.45, 2.75) is 45.1 Å². The second-order valence-corrected chi connectivity index (χ2v) is 3.99. The van der Waals surface area contributed by atoms with E-state index in [9.17, 15) is 0 Å². The standard InChI is InChI=1S/C10H21NO/c1-3-10(8-11)6-4-9(12-2)5-7-10/h9H,3-8,11H2,1-2H3. The van der Waals surface area contributed by atoms with Gasteiger partial charge in [0.15, 0.2) is 0 Å². The molecule has 1 aliphatic rings. The third-order valence-electron chi connectivity index (χ3n) is 3.51. The summed E-state index contributed by atoms with van der Waals surface area (Å²) in [6, 6.07) is 0. The Balaban J connectivity index is 2.42. The maximum Gasteiger partial charge on any atom is 0.0571 e. The van der Waals surface area contributed by atoms with Crippen molar-refractivity contribution >= 4 is 0 Å². The van der Waals surface area contributed by atoms with Crippen molar-refractivity contribution in [3.63, 3.8) is 0 Å². The summed E-state index contributed by atoms with van der Waals surface area (Å²) in [6.45, 7) is 3.10. The summed E-state index contributed by atoms with van der Waals surface area (Å²) in [6.07, 6.45) is 6.61. The van der Waals surface area contributed by atoms with E-state index in [2.05, 4.69) is 6.92 Å². The molecule has 1 aliphatic carbocycles. The highest BCUT2D eigenvalue weighted by atomic mass is 16.5. The van der Waals surface area contributed by atoms with E-state index in [1.165, 1.54) is 32.1 Å². The lowest BCUT2D eigenvalue weighted by Crippen LogP contribution is -2.36. The van der Waals surface area contributed by atoms with E-state index < -0.39 is 0 Å². The lowest BCUT2D eigenvalue weighted by atomic mass is 9.71. The quantitative estimate of drug-likeness (QED) is 0.704. The van der Waals surface area contributed by atoms with Gasteiger partial charge in [0.05, 0.1) is 6.10 Å². The van der Waals surface area contributed by atoms with Crippen LogP contribution in [0.4, 0.5) is 0 Å². The molecule has 72 valence electrons. The van der Waals surface area contributed by atoms with Crippen LogP contribution in [0.25, 0.3) is 0 Å². The summed E-state index contributed by atoms with van der Waals surface area (Å²) in [5, 5.41) is 0. The highest BCUT2D eigenvalue weighted by Gasteiger charge is 2.32. The van der Waals surface area contributed by atoms with Crippen LogP contribution in [0.1, 0.15) is 39.0 Å². The van der Waals surface area contributed by atoms with Gasteiger partial charge in [-0.1, -0.05) is 6.92 Å². The highest BCUT2D eigenvalue weighted by molar-refractivity contribution is 4.85. The summed E-state index contributed by atoms with van der Waals surface area (Å²) in [4.78, 5) is 0. The normalized spacial score (nSPS) is 36.8. The Morgan fingerprint density at radius 3 is 2.33 bits per heavy atom. The molecule has 12 heavy (non-hydrogen) atoms. The zero-order valence-electron chi connectivity index (χ0n) is 8.31. The average Bonchev–Trinajstić information content (AvgIpc) is 2.18. The van der Waals surface area contributed by atoms with Crippen LogP contribution in [-0.4, -0.2) is 19.8 Å². The van der Waals surface area contributed by atoms with Crippen molar-refractivity contribution in [2.75, 3.05) is 13.7 Å². The molecule has 1 rings (SSSR count). The molecule has 0 spiro atoms. The highest BCUT2D eigenvalue weighted by Crippen LogP contribution is 2.38. The Morgan fingerprint density at radius 1 is 1.42 bits per heavy atom. The Morgan fingerprint density at radius 2 is 2.00 bits per heavy atom. The molecule has 2 N–H and O–H groups in total. The van der Waals surface area contributed by atoms with E-state index in [1.54, 1.807) is 0 Å². The van der Waals surface area contributed by atoms with Gasteiger partial charge in [-0.2, -0.15) is 0 Å². The molecule has 1 saturated carbocycles. The number of rotatable bonds is 3. The van der Waals surface area contributed by atoms with Gasteiger partial charge < -0.3 is 10.5 Å². The first kappa shape index (κ1) is 10.0. The fourth-order valence-corrected chi connectivity index (χ4v) is 2.14. The molecule has 0 amide bonds. The molecule has 2 heteroatoms. The molecule has 2 nitrogen and oxygen atoms in total. The zero-order chi connectivity index (χ0) is 9.03. The summed E-state index contributed by atoms with van der Waals surface area (Å²) in [5.41, 5.74) is 6.23. The zero-order valence-corrected chi connectivity index (χ0v) is 8.31. The van der Waals surface area contributed by atoms with Crippen LogP contribution < -0.4 is 5.73 Å². The van der Waals surface area contributed by atoms with Gasteiger partial charge in [0.2, 0.25) is 0 Å². The van der Waals surface area contributed by atoms with Gasteiger partial charge in [-0.3, -0.25) is 0 Å². The van der Waals surface area contributed by atoms with Gasteiger partial charge in [0, 0.05) is 7.11 Å². The van der Waals surface area contributed by atoms with E-state index in [1.807, 2.05) is 7.11 Å². The molecule has 0 radical (unpaired) electrons. The van der Waals surface area contributed by atoms with E-state index in [0.29, 0.717) is 11.5 Å². The molecule has 0 aromatic heterocycles. The van der Waals surface area contributed by atoms with Crippen LogP contribution in [0.15, 0.2) is 0 Å². The maximum absolute atomic E-state index is 5.79. The van der Waals surface area contributed by atoms with Crippen LogP contribution in [-0.2, 0) is 4.74 Å². The smallest absolute Gasteiger partial charge is 0.0571 e. The van der Waals surface area contributed by atoms with Gasteiger partial charge in [-0.15, -0.1) is 0 Å². The summed E-state index contributed by atoms with van der Waals surface area (Å²) in [7, 11) is 1.81. The van der Waals surface area contributed by atoms with Crippen LogP contribution >= 0.6 is 0 Å². The number of nitrogens with two attached hydrogens (primary N) is 1. The molecule has 0 unspecified atom stereocenters. The summed E-state index contributed by atoms with van der Waals surface area (Å²) < 4.78 is 5.33. The monoisotopic (exact) mass is 171 g/mol. The number of ether oxygens (including phenoxy) is 1. The minimum Gasteiger partial charge on any atom is -0.381 e. The van der Waals surface area contributed by atoms with E-state index >= 15 is 0 Å². The van der Waals surface area contributed by atoms with E-state index in [0.717, 1.165) is 6.54 Å². The Kier molecular flexibility index (Phi) is 3.53. The first-order valence-electron chi connectivity index (χ1n) is 4.99. The first-order valence-corrected chi connectivity index (χ1v) is 4.99. The Hall–Kier alpha value is -0.0800. The Bertz CT molecular complexity index is 122. The molecule has 0 bridgehead atoms. The van der Waals surface area contributed by atoms with E-state index in [-0.39, 0.29) is 0 Å². The van der Waals surface area contributed by atoms with Crippen molar-refractivity contribution < 1.29 is 4.74 Å². The van der Waals surface area contributed by atoms with Crippen molar-refractivity contribution in [3.8, 4) is 0 Å². The minimum atomic E-state index is 0.440. The van der Waals surface area contributed by atoms with Crippen molar-refractivity contribution in [1.82, 2.24) is 0 Å². The average molecular weight is 171 g/mol. The lowest BCUT2D eigenvalue weighted by molar-refractivity contribution is 0.0279. The minimum absolute atomic E-state index is 0.440. The molecule has 0 saturated heterocycles. The molecule has 0 atom stereocenters. The molecule has 0 aromatic carbocycles. The van der Waals surface area contributed by atoms with Crippen molar-refractivity contribution in [2.24, 2.45) is 11.1 Å². The topological polar surface area (TPSA) is 35.2 Å². The third kappa shape index (κ3) is 1.99. The largest absolute Gasteiger partial charge is 0.381 e. The predicted octanol–water partition coefficient (Wildman–Crippen LogP) is 1.93. The van der Waals surface area contributed by atoms with Crippen molar-refractivity contribution in [1.29, 1.82) is 0 Å². The van der Waals surface area contributed by atoms with Crippen molar-refractivity contribution in [3.05, 3.63) is 0 Å². The molecular weight excluding hydrogens is 150 g/mol. The number of hydrogen-bond donors (Lipinski definition) is 1. The maximum atomic E-state index is 5.79. The van der Waals surface area contributed by atoms with Crippen LogP contribution in [0.2, 0.25) is 0 Å². The molecule has 0 aliphatic heterocycles. The molecular formula is C10H21NO. The second kappa shape index (κ2) is 4.24. The predicted molar refractivity (Wildman–Crippen MR) is 51.0 cm³/mol. The Labute approximate surface area is 75.5 Å². The molecule has 0 heterocycles. The van der Waals surface area contributed by atoms with Crippen LogP contribution in [0.3, 0.4) is 0 Å². The van der Waals surface area contributed by atoms with Gasteiger partial charge in [0.25, 0.3) is 0 Å². The van der Waals surface area contributed by atoms with Gasteiger partial charge in [-0.05, 0) is 44.1 Å². The van der Waals surface area contributed by atoms with Gasteiger partial charge >= 0.3 is 0 Å². The fourth-order valence-electron chi connectivity index (χ4n) is 2.14.